The number of thiophene rings is 1. The molecule has 2 amide bonds. The van der Waals surface area contributed by atoms with Crippen LogP contribution in [0.25, 0.3) is 0 Å². The molecule has 0 unspecified atom stereocenters. The van der Waals surface area contributed by atoms with Gasteiger partial charge in [0.2, 0.25) is 0 Å². The van der Waals surface area contributed by atoms with Crippen LogP contribution in [0, 0.1) is 0 Å². The Bertz CT molecular complexity index is 439. The van der Waals surface area contributed by atoms with Gasteiger partial charge < -0.3 is 16.2 Å². The van der Waals surface area contributed by atoms with Crippen LogP contribution in [0.2, 0.25) is 0 Å². The molecule has 0 radical (unpaired) electrons. The van der Waals surface area contributed by atoms with E-state index in [-0.39, 0.29) is 10.4 Å². The SMILES string of the molecule is NC(=O)c1sc2c(c1C(N)=O)CCOC2. The van der Waals surface area contributed by atoms with Crippen molar-refractivity contribution in [2.24, 2.45) is 11.5 Å². The van der Waals surface area contributed by atoms with Crippen molar-refractivity contribution < 1.29 is 14.3 Å². The first-order valence-electron chi connectivity index (χ1n) is 4.43. The fourth-order valence-electron chi connectivity index (χ4n) is 1.67. The van der Waals surface area contributed by atoms with Crippen molar-refractivity contribution >= 4 is 23.2 Å². The fourth-order valence-corrected chi connectivity index (χ4v) is 2.81. The first kappa shape index (κ1) is 10.1. The number of primary amides is 2. The summed E-state index contributed by atoms with van der Waals surface area (Å²) in [5, 5.41) is 0. The van der Waals surface area contributed by atoms with Gasteiger partial charge in [-0.25, -0.2) is 0 Å². The molecule has 0 aromatic carbocycles. The lowest BCUT2D eigenvalue weighted by molar-refractivity contribution is 0.0964. The first-order valence-corrected chi connectivity index (χ1v) is 5.24. The molecular weight excluding hydrogens is 216 g/mol. The van der Waals surface area contributed by atoms with E-state index >= 15 is 0 Å². The third-order valence-electron chi connectivity index (χ3n) is 2.29. The van der Waals surface area contributed by atoms with Gasteiger partial charge in [-0.3, -0.25) is 9.59 Å². The number of fused-ring (bicyclic) bond motifs is 1. The summed E-state index contributed by atoms with van der Waals surface area (Å²) in [4.78, 5) is 23.5. The van der Waals surface area contributed by atoms with Crippen molar-refractivity contribution in [3.8, 4) is 0 Å². The molecule has 4 N–H and O–H groups in total. The van der Waals surface area contributed by atoms with E-state index in [9.17, 15) is 9.59 Å². The average Bonchev–Trinajstić information content (AvgIpc) is 2.56. The van der Waals surface area contributed by atoms with Crippen molar-refractivity contribution in [1.29, 1.82) is 0 Å². The fraction of sp³-hybridized carbons (Fsp3) is 0.333. The third kappa shape index (κ3) is 1.62. The molecule has 0 saturated heterocycles. The second-order valence-corrected chi connectivity index (χ2v) is 4.34. The normalized spacial score (nSPS) is 14.7. The molecule has 1 aliphatic rings. The van der Waals surface area contributed by atoms with Gasteiger partial charge >= 0.3 is 0 Å². The number of hydrogen-bond acceptors (Lipinski definition) is 4. The summed E-state index contributed by atoms with van der Waals surface area (Å²) in [7, 11) is 0. The molecule has 1 aromatic heterocycles. The van der Waals surface area contributed by atoms with Gasteiger partial charge in [-0.05, 0) is 12.0 Å². The van der Waals surface area contributed by atoms with Crippen LogP contribution in [0.15, 0.2) is 0 Å². The number of carbonyl (C=O) groups is 2. The minimum atomic E-state index is -0.608. The molecule has 2 heterocycles. The monoisotopic (exact) mass is 226 g/mol. The predicted molar refractivity (Wildman–Crippen MR) is 54.7 cm³/mol. The summed E-state index contributed by atoms with van der Waals surface area (Å²) in [5.74, 6) is -1.20. The average molecular weight is 226 g/mol. The van der Waals surface area contributed by atoms with E-state index in [1.54, 1.807) is 0 Å². The number of carbonyl (C=O) groups excluding carboxylic acids is 2. The van der Waals surface area contributed by atoms with Crippen LogP contribution in [0.1, 0.15) is 30.5 Å². The Kier molecular flexibility index (Phi) is 2.45. The Balaban J connectivity index is 2.61. The van der Waals surface area contributed by atoms with Crippen molar-refractivity contribution in [1.82, 2.24) is 0 Å². The zero-order chi connectivity index (χ0) is 11.0. The van der Waals surface area contributed by atoms with Crippen molar-refractivity contribution in [2.45, 2.75) is 13.0 Å². The molecule has 1 aromatic rings. The second-order valence-electron chi connectivity index (χ2n) is 3.24. The van der Waals surface area contributed by atoms with Gasteiger partial charge in [0.15, 0.2) is 0 Å². The molecule has 0 aliphatic carbocycles. The topological polar surface area (TPSA) is 95.4 Å². The number of ether oxygens (including phenoxy) is 1. The zero-order valence-electron chi connectivity index (χ0n) is 7.91. The summed E-state index contributed by atoms with van der Waals surface area (Å²) >= 11 is 1.20. The van der Waals surface area contributed by atoms with Crippen LogP contribution in [0.3, 0.4) is 0 Å². The van der Waals surface area contributed by atoms with Crippen LogP contribution in [-0.4, -0.2) is 18.4 Å². The van der Waals surface area contributed by atoms with Crippen molar-refractivity contribution in [2.75, 3.05) is 6.61 Å². The van der Waals surface area contributed by atoms with Gasteiger partial charge in [0.25, 0.3) is 11.8 Å². The summed E-state index contributed by atoms with van der Waals surface area (Å²) in [6, 6.07) is 0. The van der Waals surface area contributed by atoms with Gasteiger partial charge in [-0.2, -0.15) is 0 Å². The van der Waals surface area contributed by atoms with Crippen LogP contribution in [-0.2, 0) is 17.8 Å². The summed E-state index contributed by atoms with van der Waals surface area (Å²) < 4.78 is 5.23. The molecule has 80 valence electrons. The molecule has 0 saturated carbocycles. The Labute approximate surface area is 90.0 Å². The molecule has 5 nitrogen and oxygen atoms in total. The Morgan fingerprint density at radius 3 is 2.60 bits per heavy atom. The van der Waals surface area contributed by atoms with Crippen LogP contribution >= 0.6 is 11.3 Å². The van der Waals surface area contributed by atoms with E-state index in [0.29, 0.717) is 19.6 Å². The number of hydrogen-bond donors (Lipinski definition) is 2. The Morgan fingerprint density at radius 2 is 2.00 bits per heavy atom. The standard InChI is InChI=1S/C9H10N2O3S/c10-8(12)6-4-1-2-14-3-5(4)15-7(6)9(11)13/h1-3H2,(H2,10,12)(H2,11,13). The minimum absolute atomic E-state index is 0.248. The number of rotatable bonds is 2. The molecule has 0 atom stereocenters. The van der Waals surface area contributed by atoms with Crippen molar-refractivity contribution in [3.05, 3.63) is 20.9 Å². The Morgan fingerprint density at radius 1 is 1.27 bits per heavy atom. The quantitative estimate of drug-likeness (QED) is 0.744. The van der Waals surface area contributed by atoms with Crippen molar-refractivity contribution in [3.63, 3.8) is 0 Å². The van der Waals surface area contributed by atoms with E-state index in [2.05, 4.69) is 0 Å². The van der Waals surface area contributed by atoms with Gasteiger partial charge in [-0.1, -0.05) is 0 Å². The highest BCUT2D eigenvalue weighted by Gasteiger charge is 2.26. The molecule has 0 fully saturated rings. The van der Waals surface area contributed by atoms with Crippen LogP contribution < -0.4 is 11.5 Å². The molecule has 6 heteroatoms. The smallest absolute Gasteiger partial charge is 0.259 e. The maximum atomic E-state index is 11.2. The van der Waals surface area contributed by atoms with E-state index in [1.807, 2.05) is 0 Å². The summed E-state index contributed by atoms with van der Waals surface area (Å²) in [5.41, 5.74) is 11.5. The maximum absolute atomic E-state index is 11.2. The van der Waals surface area contributed by atoms with Gasteiger partial charge in [0.1, 0.15) is 4.88 Å². The van der Waals surface area contributed by atoms with Gasteiger partial charge in [0, 0.05) is 4.88 Å². The zero-order valence-corrected chi connectivity index (χ0v) is 8.73. The van der Waals surface area contributed by atoms with Gasteiger partial charge in [0.05, 0.1) is 18.8 Å². The predicted octanol–water partition coefficient (Wildman–Crippen LogP) is 0.0186. The highest BCUT2D eigenvalue weighted by molar-refractivity contribution is 7.14. The molecule has 0 bridgehead atoms. The highest BCUT2D eigenvalue weighted by Crippen LogP contribution is 2.31. The number of amides is 2. The molecule has 15 heavy (non-hydrogen) atoms. The summed E-state index contributed by atoms with van der Waals surface area (Å²) in [6.07, 6.45) is 0.609. The summed E-state index contributed by atoms with van der Waals surface area (Å²) in [6.45, 7) is 0.968. The maximum Gasteiger partial charge on any atom is 0.259 e. The molecule has 0 spiro atoms. The minimum Gasteiger partial charge on any atom is -0.376 e. The lowest BCUT2D eigenvalue weighted by Gasteiger charge is -2.12. The van der Waals surface area contributed by atoms with E-state index in [0.717, 1.165) is 10.4 Å². The largest absolute Gasteiger partial charge is 0.376 e. The van der Waals surface area contributed by atoms with Gasteiger partial charge in [-0.15, -0.1) is 11.3 Å². The molecular formula is C9H10N2O3S. The lowest BCUT2D eigenvalue weighted by Crippen LogP contribution is -2.20. The second kappa shape index (κ2) is 3.63. The lowest BCUT2D eigenvalue weighted by atomic mass is 10.0. The number of nitrogens with two attached hydrogens (primary N) is 2. The molecule has 1 aliphatic heterocycles. The van der Waals surface area contributed by atoms with Crippen LogP contribution in [0.4, 0.5) is 0 Å². The van der Waals surface area contributed by atoms with E-state index in [1.165, 1.54) is 11.3 Å². The Hall–Kier alpha value is -1.40. The van der Waals surface area contributed by atoms with E-state index < -0.39 is 11.8 Å². The third-order valence-corrected chi connectivity index (χ3v) is 3.51. The first-order chi connectivity index (χ1) is 7.11. The van der Waals surface area contributed by atoms with E-state index in [4.69, 9.17) is 16.2 Å². The highest BCUT2D eigenvalue weighted by atomic mass is 32.1. The molecule has 2 rings (SSSR count). The van der Waals surface area contributed by atoms with Crippen LogP contribution in [0.5, 0.6) is 0 Å².